The molecule has 0 aliphatic rings. The lowest BCUT2D eigenvalue weighted by atomic mass is 10.1. The van der Waals surface area contributed by atoms with E-state index in [1.165, 1.54) is 0 Å². The number of oxazole rings is 1. The molecule has 7 nitrogen and oxygen atoms in total. The van der Waals surface area contributed by atoms with Crippen LogP contribution in [0.4, 0.5) is 11.4 Å². The molecule has 0 aliphatic carbocycles. The first-order chi connectivity index (χ1) is 13.0. The van der Waals surface area contributed by atoms with Crippen LogP contribution in [-0.4, -0.2) is 20.0 Å². The van der Waals surface area contributed by atoms with Crippen molar-refractivity contribution < 1.29 is 9.21 Å². The maximum atomic E-state index is 12.4. The van der Waals surface area contributed by atoms with Crippen LogP contribution in [-0.2, 0) is 14.1 Å². The van der Waals surface area contributed by atoms with E-state index in [4.69, 9.17) is 10.2 Å². The summed E-state index contributed by atoms with van der Waals surface area (Å²) in [4.78, 5) is 16.6. The van der Waals surface area contributed by atoms with Gasteiger partial charge in [-0.2, -0.15) is 0 Å². The predicted octanol–water partition coefficient (Wildman–Crippen LogP) is 3.52. The van der Waals surface area contributed by atoms with Crippen LogP contribution in [0.15, 0.2) is 65.7 Å². The van der Waals surface area contributed by atoms with Crippen molar-refractivity contribution in [1.82, 2.24) is 14.1 Å². The normalized spacial score (nSPS) is 10.9. The molecule has 7 heteroatoms. The molecule has 0 saturated heterocycles. The minimum atomic E-state index is -0.201. The van der Waals surface area contributed by atoms with Gasteiger partial charge in [0, 0.05) is 37.7 Å². The van der Waals surface area contributed by atoms with Gasteiger partial charge in [-0.15, -0.1) is 0 Å². The van der Waals surface area contributed by atoms with Crippen molar-refractivity contribution >= 4 is 17.3 Å². The van der Waals surface area contributed by atoms with Crippen LogP contribution in [0.25, 0.3) is 22.7 Å². The summed E-state index contributed by atoms with van der Waals surface area (Å²) in [7, 11) is 3.73. The van der Waals surface area contributed by atoms with Gasteiger partial charge in [0.15, 0.2) is 0 Å². The number of nitrogens with zero attached hydrogens (tertiary/aromatic N) is 3. The highest BCUT2D eigenvalue weighted by Crippen LogP contribution is 2.28. The van der Waals surface area contributed by atoms with Crippen molar-refractivity contribution in [1.29, 1.82) is 0 Å². The number of nitrogen functional groups attached to an aromatic ring is 1. The lowest BCUT2D eigenvalue weighted by Gasteiger charge is -2.07. The second-order valence-corrected chi connectivity index (χ2v) is 6.36. The summed E-state index contributed by atoms with van der Waals surface area (Å²) in [6.45, 7) is 0. The summed E-state index contributed by atoms with van der Waals surface area (Å²) in [5, 5.41) is 2.88. The number of hydrogen-bond acceptors (Lipinski definition) is 4. The Balaban J connectivity index is 1.53. The Kier molecular flexibility index (Phi) is 4.04. The first kappa shape index (κ1) is 16.7. The second kappa shape index (κ2) is 6.53. The zero-order chi connectivity index (χ0) is 19.0. The third-order valence-corrected chi connectivity index (χ3v) is 4.39. The smallest absolute Gasteiger partial charge is 0.272 e. The quantitative estimate of drug-likeness (QED) is 0.582. The van der Waals surface area contributed by atoms with Gasteiger partial charge in [0.1, 0.15) is 17.7 Å². The number of amides is 1. The molecule has 1 amide bonds. The maximum Gasteiger partial charge on any atom is 0.272 e. The van der Waals surface area contributed by atoms with E-state index in [-0.39, 0.29) is 5.91 Å². The minimum Gasteiger partial charge on any atom is -0.443 e. The highest BCUT2D eigenvalue weighted by Gasteiger charge is 2.13. The Morgan fingerprint density at radius 3 is 2.48 bits per heavy atom. The molecule has 0 spiro atoms. The number of nitrogens with two attached hydrogens (primary N) is 1. The summed E-state index contributed by atoms with van der Waals surface area (Å²) in [5.74, 6) is 0.377. The van der Waals surface area contributed by atoms with Gasteiger partial charge >= 0.3 is 0 Å². The van der Waals surface area contributed by atoms with E-state index < -0.39 is 0 Å². The standard InChI is InChI=1S/C20H19N5O2/c1-24-11-14(9-18(24)20-22-7-8-27-20)13-3-5-16(6-4-13)23-19(26)17-10-15(21)12-25(17)2/h3-12H,21H2,1-2H3,(H,23,26). The Morgan fingerprint density at radius 1 is 1.07 bits per heavy atom. The van der Waals surface area contributed by atoms with Crippen LogP contribution in [0.2, 0.25) is 0 Å². The summed E-state index contributed by atoms with van der Waals surface area (Å²) in [6, 6.07) is 11.3. The van der Waals surface area contributed by atoms with E-state index in [2.05, 4.69) is 10.3 Å². The summed E-state index contributed by atoms with van der Waals surface area (Å²) in [5.41, 5.74) is 10.5. The molecular formula is C20H19N5O2. The minimum absolute atomic E-state index is 0.201. The molecule has 3 aromatic heterocycles. The molecule has 0 fully saturated rings. The average Bonchev–Trinajstić information content (AvgIpc) is 3.36. The van der Waals surface area contributed by atoms with Gasteiger partial charge in [0.25, 0.3) is 5.91 Å². The first-order valence-electron chi connectivity index (χ1n) is 8.41. The molecule has 27 heavy (non-hydrogen) atoms. The van der Waals surface area contributed by atoms with Crippen molar-refractivity contribution in [2.24, 2.45) is 14.1 Å². The van der Waals surface area contributed by atoms with Gasteiger partial charge < -0.3 is 24.6 Å². The Hall–Kier alpha value is -3.74. The van der Waals surface area contributed by atoms with E-state index in [1.807, 2.05) is 48.1 Å². The zero-order valence-corrected chi connectivity index (χ0v) is 15.0. The van der Waals surface area contributed by atoms with Crippen molar-refractivity contribution in [2.75, 3.05) is 11.1 Å². The van der Waals surface area contributed by atoms with Gasteiger partial charge in [0.2, 0.25) is 5.89 Å². The van der Waals surface area contributed by atoms with E-state index in [0.29, 0.717) is 23.0 Å². The van der Waals surface area contributed by atoms with E-state index in [9.17, 15) is 4.79 Å². The number of rotatable bonds is 4. The monoisotopic (exact) mass is 361 g/mol. The molecule has 136 valence electrons. The van der Waals surface area contributed by atoms with Crippen molar-refractivity contribution in [2.45, 2.75) is 0 Å². The average molecular weight is 361 g/mol. The van der Waals surface area contributed by atoms with Crippen LogP contribution in [0.5, 0.6) is 0 Å². The van der Waals surface area contributed by atoms with Gasteiger partial charge in [-0.25, -0.2) is 4.98 Å². The number of benzene rings is 1. The third kappa shape index (κ3) is 3.22. The number of nitrogens with one attached hydrogen (secondary N) is 1. The first-order valence-corrected chi connectivity index (χ1v) is 8.41. The largest absolute Gasteiger partial charge is 0.443 e. The molecule has 0 unspecified atom stereocenters. The maximum absolute atomic E-state index is 12.4. The van der Waals surface area contributed by atoms with Crippen LogP contribution >= 0.6 is 0 Å². The van der Waals surface area contributed by atoms with Crippen molar-refractivity contribution in [3.8, 4) is 22.7 Å². The Labute approximate surface area is 156 Å². The van der Waals surface area contributed by atoms with Gasteiger partial charge in [-0.1, -0.05) is 12.1 Å². The van der Waals surface area contributed by atoms with Crippen LogP contribution < -0.4 is 11.1 Å². The summed E-state index contributed by atoms with van der Waals surface area (Å²) >= 11 is 0. The predicted molar refractivity (Wildman–Crippen MR) is 104 cm³/mol. The molecule has 0 bridgehead atoms. The number of hydrogen-bond donors (Lipinski definition) is 2. The number of carbonyl (C=O) groups excluding carboxylic acids is 1. The SMILES string of the molecule is Cn1cc(N)cc1C(=O)Nc1ccc(-c2cc(-c3ncco3)n(C)c2)cc1. The van der Waals surface area contributed by atoms with E-state index >= 15 is 0 Å². The number of aryl methyl sites for hydroxylation is 2. The van der Waals surface area contributed by atoms with Crippen molar-refractivity contribution in [3.63, 3.8) is 0 Å². The number of aromatic nitrogens is 3. The van der Waals surface area contributed by atoms with Gasteiger partial charge in [-0.05, 0) is 29.8 Å². The molecule has 0 saturated carbocycles. The third-order valence-electron chi connectivity index (χ3n) is 4.39. The second-order valence-electron chi connectivity index (χ2n) is 6.36. The molecule has 4 rings (SSSR count). The molecule has 0 radical (unpaired) electrons. The fraction of sp³-hybridized carbons (Fsp3) is 0.100. The molecule has 3 heterocycles. The van der Waals surface area contributed by atoms with Crippen LogP contribution in [0.1, 0.15) is 10.5 Å². The Bertz CT molecular complexity index is 1090. The molecular weight excluding hydrogens is 342 g/mol. The van der Waals surface area contributed by atoms with Crippen LogP contribution in [0.3, 0.4) is 0 Å². The van der Waals surface area contributed by atoms with Gasteiger partial charge in [-0.3, -0.25) is 4.79 Å². The van der Waals surface area contributed by atoms with E-state index in [0.717, 1.165) is 16.8 Å². The topological polar surface area (TPSA) is 91.0 Å². The number of carbonyl (C=O) groups is 1. The van der Waals surface area contributed by atoms with Gasteiger partial charge in [0.05, 0.1) is 11.9 Å². The van der Waals surface area contributed by atoms with Crippen molar-refractivity contribution in [3.05, 3.63) is 66.9 Å². The fourth-order valence-electron chi connectivity index (χ4n) is 3.04. The molecule has 1 aromatic carbocycles. The molecule has 3 N–H and O–H groups in total. The van der Waals surface area contributed by atoms with E-state index in [1.54, 1.807) is 36.3 Å². The highest BCUT2D eigenvalue weighted by molar-refractivity contribution is 6.03. The summed E-state index contributed by atoms with van der Waals surface area (Å²) < 4.78 is 9.05. The van der Waals surface area contributed by atoms with Crippen LogP contribution in [0, 0.1) is 0 Å². The highest BCUT2D eigenvalue weighted by atomic mass is 16.3. The lowest BCUT2D eigenvalue weighted by molar-refractivity contribution is 0.101. The fourth-order valence-corrected chi connectivity index (χ4v) is 3.04. The number of anilines is 2. The molecule has 0 aliphatic heterocycles. The zero-order valence-electron chi connectivity index (χ0n) is 15.0. The molecule has 4 aromatic rings. The lowest BCUT2D eigenvalue weighted by Crippen LogP contribution is -2.15. The molecule has 0 atom stereocenters. The summed E-state index contributed by atoms with van der Waals surface area (Å²) in [6.07, 6.45) is 6.90. The Morgan fingerprint density at radius 2 is 1.85 bits per heavy atom.